The van der Waals surface area contributed by atoms with E-state index in [2.05, 4.69) is 20.8 Å². The summed E-state index contributed by atoms with van der Waals surface area (Å²) in [5.74, 6) is -2.40. The standard InChI is InChI=1S/C19H19N5O6S2/c1-9-6-12(18(28)29)24-16(27)14(17(24)32-9)22-15(26)13(23-30-10-4-2-3-5-10)11-7-31-19(21-11)20-8-25/h2,4,6-10,14,17H,3,5H2,1H3,(H,22,26)(H,28,29)(H,20,21,25)/t9?,10?,14?,17-/m1/s1. The van der Waals surface area contributed by atoms with Crippen LogP contribution < -0.4 is 10.6 Å². The van der Waals surface area contributed by atoms with E-state index >= 15 is 0 Å². The molecular formula is C19H19N5O6S2. The highest BCUT2D eigenvalue weighted by molar-refractivity contribution is 8.00. The van der Waals surface area contributed by atoms with Crippen molar-refractivity contribution in [2.75, 3.05) is 5.32 Å². The summed E-state index contributed by atoms with van der Waals surface area (Å²) in [6.45, 7) is 1.82. The van der Waals surface area contributed by atoms with Crippen molar-refractivity contribution in [1.82, 2.24) is 15.2 Å². The van der Waals surface area contributed by atoms with Crippen molar-refractivity contribution in [3.8, 4) is 0 Å². The van der Waals surface area contributed by atoms with Gasteiger partial charge in [-0.2, -0.15) is 0 Å². The molecule has 3 amide bonds. The summed E-state index contributed by atoms with van der Waals surface area (Å²) in [5.41, 5.74) is -0.0566. The van der Waals surface area contributed by atoms with Crippen LogP contribution in [0.15, 0.2) is 34.5 Å². The number of nitrogens with one attached hydrogen (secondary N) is 2. The van der Waals surface area contributed by atoms with Gasteiger partial charge >= 0.3 is 5.97 Å². The molecule has 1 aromatic heterocycles. The number of carbonyl (C=O) groups is 4. The molecule has 13 heteroatoms. The Bertz CT molecular complexity index is 1050. The maximum Gasteiger partial charge on any atom is 0.352 e. The molecule has 0 spiro atoms. The number of carboxylic acid groups (broad SMARTS) is 1. The Morgan fingerprint density at radius 3 is 2.94 bits per heavy atom. The number of hydrogen-bond acceptors (Lipinski definition) is 9. The van der Waals surface area contributed by atoms with E-state index in [9.17, 15) is 24.3 Å². The van der Waals surface area contributed by atoms with Gasteiger partial charge in [-0.05, 0) is 31.9 Å². The first-order chi connectivity index (χ1) is 15.4. The Morgan fingerprint density at radius 2 is 2.25 bits per heavy atom. The van der Waals surface area contributed by atoms with E-state index in [1.165, 1.54) is 28.1 Å². The zero-order valence-corrected chi connectivity index (χ0v) is 18.4. The monoisotopic (exact) mass is 477 g/mol. The van der Waals surface area contributed by atoms with Gasteiger partial charge in [0.1, 0.15) is 28.9 Å². The van der Waals surface area contributed by atoms with E-state index in [0.717, 1.165) is 24.2 Å². The van der Waals surface area contributed by atoms with Crippen LogP contribution in [-0.2, 0) is 24.0 Å². The molecule has 0 radical (unpaired) electrons. The first-order valence-electron chi connectivity index (χ1n) is 9.70. The Labute approximate surface area is 190 Å². The maximum absolute atomic E-state index is 13.1. The highest BCUT2D eigenvalue weighted by Gasteiger charge is 2.54. The molecule has 0 saturated carbocycles. The zero-order valence-electron chi connectivity index (χ0n) is 16.8. The second-order valence-electron chi connectivity index (χ2n) is 7.14. The molecule has 4 rings (SSSR count). The number of carbonyl (C=O) groups excluding carboxylic acids is 3. The number of thiazole rings is 1. The number of oxime groups is 1. The molecule has 32 heavy (non-hydrogen) atoms. The first-order valence-corrected chi connectivity index (χ1v) is 11.5. The van der Waals surface area contributed by atoms with Gasteiger partial charge in [0.05, 0.1) is 0 Å². The smallest absolute Gasteiger partial charge is 0.352 e. The number of fused-ring (bicyclic) bond motifs is 1. The molecule has 1 fully saturated rings. The first kappa shape index (κ1) is 22.0. The minimum atomic E-state index is -1.20. The summed E-state index contributed by atoms with van der Waals surface area (Å²) < 4.78 is 0. The van der Waals surface area contributed by atoms with Gasteiger partial charge in [-0.15, -0.1) is 23.1 Å². The molecule has 2 aliphatic heterocycles. The summed E-state index contributed by atoms with van der Waals surface area (Å²) >= 11 is 2.47. The average Bonchev–Trinajstić information content (AvgIpc) is 3.44. The molecule has 1 saturated heterocycles. The number of nitrogens with zero attached hydrogens (tertiary/aromatic N) is 3. The van der Waals surface area contributed by atoms with Crippen LogP contribution in [0.1, 0.15) is 25.5 Å². The van der Waals surface area contributed by atoms with E-state index in [1.54, 1.807) is 0 Å². The predicted molar refractivity (Wildman–Crippen MR) is 117 cm³/mol. The molecular weight excluding hydrogens is 458 g/mol. The number of hydrogen-bond donors (Lipinski definition) is 3. The molecule has 4 atom stereocenters. The highest BCUT2D eigenvalue weighted by Crippen LogP contribution is 2.40. The molecule has 3 aliphatic rings. The quantitative estimate of drug-likeness (QED) is 0.164. The fourth-order valence-corrected chi connectivity index (χ4v) is 5.44. The fourth-order valence-electron chi connectivity index (χ4n) is 3.45. The molecule has 3 unspecified atom stereocenters. The van der Waals surface area contributed by atoms with Crippen molar-refractivity contribution in [2.45, 2.75) is 42.5 Å². The molecule has 3 heterocycles. The van der Waals surface area contributed by atoms with Crippen LogP contribution in [0.5, 0.6) is 0 Å². The van der Waals surface area contributed by atoms with E-state index in [-0.39, 0.29) is 33.6 Å². The third-order valence-electron chi connectivity index (χ3n) is 4.95. The maximum atomic E-state index is 13.1. The summed E-state index contributed by atoms with van der Waals surface area (Å²) in [7, 11) is 0. The van der Waals surface area contributed by atoms with Gasteiger partial charge in [-0.1, -0.05) is 11.2 Å². The van der Waals surface area contributed by atoms with Gasteiger partial charge in [-0.3, -0.25) is 19.3 Å². The van der Waals surface area contributed by atoms with Gasteiger partial charge < -0.3 is 20.6 Å². The van der Waals surface area contributed by atoms with Crippen molar-refractivity contribution in [2.24, 2.45) is 5.16 Å². The second kappa shape index (κ2) is 9.12. The normalized spacial score (nSPS) is 26.7. The number of thioether (sulfide) groups is 1. The van der Waals surface area contributed by atoms with Crippen molar-refractivity contribution < 1.29 is 29.1 Å². The number of carboxylic acids is 1. The lowest BCUT2D eigenvalue weighted by Gasteiger charge is -2.49. The number of rotatable bonds is 8. The third kappa shape index (κ3) is 4.25. The Balaban J connectivity index is 1.53. The predicted octanol–water partition coefficient (Wildman–Crippen LogP) is 0.908. The lowest BCUT2D eigenvalue weighted by molar-refractivity contribution is -0.150. The number of aliphatic carboxylic acids is 1. The molecule has 11 nitrogen and oxygen atoms in total. The Kier molecular flexibility index (Phi) is 6.28. The molecule has 168 valence electrons. The van der Waals surface area contributed by atoms with Gasteiger partial charge in [0.25, 0.3) is 11.8 Å². The fraction of sp³-hybridized carbons (Fsp3) is 0.368. The van der Waals surface area contributed by atoms with Crippen LogP contribution in [0.2, 0.25) is 0 Å². The van der Waals surface area contributed by atoms with Gasteiger partial charge in [0.15, 0.2) is 10.8 Å². The summed E-state index contributed by atoms with van der Waals surface area (Å²) in [5, 5.41) is 19.5. The lowest BCUT2D eigenvalue weighted by Crippen LogP contribution is -2.71. The molecule has 1 aliphatic carbocycles. The minimum Gasteiger partial charge on any atom is -0.477 e. The van der Waals surface area contributed by atoms with Crippen LogP contribution in [0.25, 0.3) is 0 Å². The topological polar surface area (TPSA) is 150 Å². The molecule has 0 bridgehead atoms. The highest BCUT2D eigenvalue weighted by atomic mass is 32.2. The van der Waals surface area contributed by atoms with Crippen LogP contribution in [0.4, 0.5) is 5.13 Å². The summed E-state index contributed by atoms with van der Waals surface area (Å²) in [6.07, 6.45) is 7.06. The van der Waals surface area contributed by atoms with Crippen LogP contribution in [0, 0.1) is 0 Å². The minimum absolute atomic E-state index is 0.0916. The van der Waals surface area contributed by atoms with Crippen molar-refractivity contribution in [1.29, 1.82) is 0 Å². The SMILES string of the molecule is CC1C=C(C(=O)O)N2C(=O)C(NC(=O)C(=NOC3C=CCC3)c3csc(NC=O)n3)[C@H]2S1. The second-order valence-corrected chi connectivity index (χ2v) is 9.49. The van der Waals surface area contributed by atoms with E-state index in [1.807, 2.05) is 19.1 Å². The van der Waals surface area contributed by atoms with Crippen molar-refractivity contribution in [3.63, 3.8) is 0 Å². The van der Waals surface area contributed by atoms with E-state index < -0.39 is 29.2 Å². The third-order valence-corrected chi connectivity index (χ3v) is 7.05. The van der Waals surface area contributed by atoms with E-state index in [4.69, 9.17) is 4.84 Å². The molecule has 1 aromatic rings. The van der Waals surface area contributed by atoms with Gasteiger partial charge in [0.2, 0.25) is 6.41 Å². The summed E-state index contributed by atoms with van der Waals surface area (Å²) in [4.78, 5) is 58.6. The number of anilines is 1. The number of allylic oxidation sites excluding steroid dienone is 1. The molecule has 0 aromatic carbocycles. The molecule has 3 N–H and O–H groups in total. The zero-order chi connectivity index (χ0) is 22.8. The number of aromatic nitrogens is 1. The number of β-lactam (4-membered cyclic amide) rings is 1. The van der Waals surface area contributed by atoms with E-state index in [0.29, 0.717) is 6.41 Å². The Hall–Kier alpha value is -3.19. The van der Waals surface area contributed by atoms with Gasteiger partial charge in [-0.25, -0.2) is 9.78 Å². The average molecular weight is 478 g/mol. The van der Waals surface area contributed by atoms with Crippen LogP contribution >= 0.6 is 23.1 Å². The van der Waals surface area contributed by atoms with Gasteiger partial charge in [0, 0.05) is 10.6 Å². The van der Waals surface area contributed by atoms with Crippen molar-refractivity contribution >= 4 is 58.1 Å². The number of amides is 3. The van der Waals surface area contributed by atoms with Crippen LogP contribution in [0.3, 0.4) is 0 Å². The lowest BCUT2D eigenvalue weighted by atomic mass is 10.0. The summed E-state index contributed by atoms with van der Waals surface area (Å²) in [6, 6.07) is -0.916. The Morgan fingerprint density at radius 1 is 1.44 bits per heavy atom. The van der Waals surface area contributed by atoms with Crippen LogP contribution in [-0.4, -0.2) is 67.7 Å². The van der Waals surface area contributed by atoms with Crippen molar-refractivity contribution in [3.05, 3.63) is 35.0 Å². The largest absolute Gasteiger partial charge is 0.477 e.